The first-order chi connectivity index (χ1) is 10.9. The summed E-state index contributed by atoms with van der Waals surface area (Å²) in [6.45, 7) is 6.18. The van der Waals surface area contributed by atoms with Crippen molar-refractivity contribution in [1.29, 1.82) is 0 Å². The lowest BCUT2D eigenvalue weighted by atomic mass is 10.0. The van der Waals surface area contributed by atoms with Crippen LogP contribution in [0.15, 0.2) is 12.4 Å². The van der Waals surface area contributed by atoms with Crippen molar-refractivity contribution in [2.24, 2.45) is 13.0 Å². The molecule has 1 aliphatic rings. The van der Waals surface area contributed by atoms with Gasteiger partial charge in [0.05, 0.1) is 18.0 Å². The van der Waals surface area contributed by atoms with Crippen LogP contribution in [-0.4, -0.2) is 52.7 Å². The van der Waals surface area contributed by atoms with Crippen molar-refractivity contribution in [3.05, 3.63) is 12.4 Å². The Labute approximate surface area is 138 Å². The van der Waals surface area contributed by atoms with E-state index in [1.165, 1.54) is 0 Å². The quantitative estimate of drug-likeness (QED) is 0.732. The maximum Gasteiger partial charge on any atom is 0.315 e. The topological polar surface area (TPSA) is 82.4 Å². The third-order valence-electron chi connectivity index (χ3n) is 4.17. The average Bonchev–Trinajstić information content (AvgIpc) is 2.91. The molecular weight excluding hydrogens is 294 g/mol. The van der Waals surface area contributed by atoms with Gasteiger partial charge in [0, 0.05) is 38.9 Å². The van der Waals surface area contributed by atoms with E-state index >= 15 is 0 Å². The molecule has 1 saturated heterocycles. The number of nitrogens with one attached hydrogen (secondary N) is 2. The highest BCUT2D eigenvalue weighted by molar-refractivity contribution is 5.74. The van der Waals surface area contributed by atoms with Crippen LogP contribution in [0.1, 0.15) is 33.1 Å². The molecule has 2 rings (SSSR count). The Morgan fingerprint density at radius 3 is 2.96 bits per heavy atom. The van der Waals surface area contributed by atoms with Gasteiger partial charge in [0.1, 0.15) is 0 Å². The van der Waals surface area contributed by atoms with Gasteiger partial charge in [-0.1, -0.05) is 6.92 Å². The molecule has 1 aromatic heterocycles. The number of piperidine rings is 1. The molecule has 3 unspecified atom stereocenters. The summed E-state index contributed by atoms with van der Waals surface area (Å²) in [6.07, 6.45) is 6.27. The van der Waals surface area contributed by atoms with Crippen LogP contribution in [0.4, 0.5) is 10.5 Å². The Hall–Kier alpha value is -1.76. The second kappa shape index (κ2) is 8.19. The second-order valence-electron chi connectivity index (χ2n) is 6.70. The number of aromatic nitrogens is 2. The number of hydrogen-bond donors (Lipinski definition) is 3. The summed E-state index contributed by atoms with van der Waals surface area (Å²) in [4.78, 5) is 14.3. The molecule has 2 heterocycles. The van der Waals surface area contributed by atoms with Crippen LogP contribution >= 0.6 is 0 Å². The molecule has 0 aliphatic carbocycles. The zero-order valence-corrected chi connectivity index (χ0v) is 14.3. The van der Waals surface area contributed by atoms with Crippen LogP contribution in [-0.2, 0) is 7.05 Å². The Morgan fingerprint density at radius 2 is 2.30 bits per heavy atom. The Morgan fingerprint density at radius 1 is 1.52 bits per heavy atom. The SMILES string of the molecule is CC(O)CC(C)CNC(=O)NC1CCCN(c2cnn(C)c2)C1. The van der Waals surface area contributed by atoms with Crippen molar-refractivity contribution in [1.82, 2.24) is 20.4 Å². The molecule has 1 aliphatic heterocycles. The Bertz CT molecular complexity index is 502. The van der Waals surface area contributed by atoms with Gasteiger partial charge in [0.25, 0.3) is 0 Å². The number of aryl methyl sites for hydroxylation is 1. The summed E-state index contributed by atoms with van der Waals surface area (Å²) >= 11 is 0. The molecule has 0 aromatic carbocycles. The summed E-state index contributed by atoms with van der Waals surface area (Å²) < 4.78 is 1.79. The van der Waals surface area contributed by atoms with E-state index in [0.29, 0.717) is 13.0 Å². The summed E-state index contributed by atoms with van der Waals surface area (Å²) in [6, 6.07) is 0.0245. The van der Waals surface area contributed by atoms with Crippen LogP contribution < -0.4 is 15.5 Å². The van der Waals surface area contributed by atoms with E-state index in [1.807, 2.05) is 26.4 Å². The molecule has 7 nitrogen and oxygen atoms in total. The molecule has 23 heavy (non-hydrogen) atoms. The highest BCUT2D eigenvalue weighted by Gasteiger charge is 2.22. The lowest BCUT2D eigenvalue weighted by Crippen LogP contribution is -2.51. The molecular formula is C16H29N5O2. The third kappa shape index (κ3) is 5.74. The largest absolute Gasteiger partial charge is 0.393 e. The fourth-order valence-corrected chi connectivity index (χ4v) is 3.07. The van der Waals surface area contributed by atoms with Crippen molar-refractivity contribution in [2.45, 2.75) is 45.3 Å². The first-order valence-corrected chi connectivity index (χ1v) is 8.40. The number of rotatable bonds is 6. The third-order valence-corrected chi connectivity index (χ3v) is 4.17. The van der Waals surface area contributed by atoms with Crippen LogP contribution in [0, 0.1) is 5.92 Å². The van der Waals surface area contributed by atoms with E-state index < -0.39 is 0 Å². The highest BCUT2D eigenvalue weighted by Crippen LogP contribution is 2.18. The predicted molar refractivity (Wildman–Crippen MR) is 90.4 cm³/mol. The van der Waals surface area contributed by atoms with Crippen LogP contribution in [0.5, 0.6) is 0 Å². The first kappa shape index (κ1) is 17.6. The standard InChI is InChI=1S/C16H29N5O2/c1-12(7-13(2)22)8-17-16(23)19-14-5-4-6-21(10-14)15-9-18-20(3)11-15/h9,11-14,22H,4-8,10H2,1-3H3,(H2,17,19,23). The van der Waals surface area contributed by atoms with Gasteiger partial charge in [-0.3, -0.25) is 4.68 Å². The number of urea groups is 1. The second-order valence-corrected chi connectivity index (χ2v) is 6.70. The fourth-order valence-electron chi connectivity index (χ4n) is 3.07. The lowest BCUT2D eigenvalue weighted by Gasteiger charge is -2.33. The summed E-state index contributed by atoms with van der Waals surface area (Å²) in [5.74, 6) is 0.263. The fraction of sp³-hybridized carbons (Fsp3) is 0.750. The molecule has 3 atom stereocenters. The monoisotopic (exact) mass is 323 g/mol. The Kier molecular flexibility index (Phi) is 6.27. The number of anilines is 1. The van der Waals surface area contributed by atoms with Gasteiger partial charge < -0.3 is 20.6 Å². The zero-order chi connectivity index (χ0) is 16.8. The van der Waals surface area contributed by atoms with Crippen molar-refractivity contribution < 1.29 is 9.90 Å². The molecule has 0 spiro atoms. The average molecular weight is 323 g/mol. The van der Waals surface area contributed by atoms with E-state index in [-0.39, 0.29) is 24.1 Å². The maximum absolute atomic E-state index is 12.0. The maximum atomic E-state index is 12.0. The number of aliphatic hydroxyl groups is 1. The number of amides is 2. The molecule has 0 radical (unpaired) electrons. The highest BCUT2D eigenvalue weighted by atomic mass is 16.3. The van der Waals surface area contributed by atoms with E-state index in [1.54, 1.807) is 11.6 Å². The van der Waals surface area contributed by atoms with E-state index in [9.17, 15) is 9.90 Å². The number of carbonyl (C=O) groups is 1. The van der Waals surface area contributed by atoms with Gasteiger partial charge >= 0.3 is 6.03 Å². The minimum absolute atomic E-state index is 0.125. The normalized spacial score (nSPS) is 20.9. The lowest BCUT2D eigenvalue weighted by molar-refractivity contribution is 0.163. The summed E-state index contributed by atoms with van der Waals surface area (Å²) in [7, 11) is 1.91. The minimum atomic E-state index is -0.332. The van der Waals surface area contributed by atoms with Gasteiger partial charge in [0.2, 0.25) is 0 Å². The molecule has 130 valence electrons. The van der Waals surface area contributed by atoms with Crippen LogP contribution in [0.3, 0.4) is 0 Å². The zero-order valence-electron chi connectivity index (χ0n) is 14.3. The Balaban J connectivity index is 1.75. The molecule has 3 N–H and O–H groups in total. The molecule has 7 heteroatoms. The van der Waals surface area contributed by atoms with Crippen LogP contribution in [0.25, 0.3) is 0 Å². The molecule has 0 saturated carbocycles. The van der Waals surface area contributed by atoms with Gasteiger partial charge in [-0.25, -0.2) is 4.79 Å². The number of aliphatic hydroxyl groups excluding tert-OH is 1. The molecule has 1 fully saturated rings. The van der Waals surface area contributed by atoms with Crippen molar-refractivity contribution >= 4 is 11.7 Å². The van der Waals surface area contributed by atoms with Crippen molar-refractivity contribution in [3.63, 3.8) is 0 Å². The van der Waals surface area contributed by atoms with E-state index in [2.05, 4.69) is 20.6 Å². The predicted octanol–water partition coefficient (Wildman–Crippen LogP) is 1.10. The van der Waals surface area contributed by atoms with Crippen LogP contribution in [0.2, 0.25) is 0 Å². The van der Waals surface area contributed by atoms with E-state index in [4.69, 9.17) is 0 Å². The number of hydrogen-bond acceptors (Lipinski definition) is 4. The minimum Gasteiger partial charge on any atom is -0.393 e. The van der Waals surface area contributed by atoms with Gasteiger partial charge in [-0.05, 0) is 32.1 Å². The first-order valence-electron chi connectivity index (χ1n) is 8.40. The number of carbonyl (C=O) groups excluding carboxylic acids is 1. The van der Waals surface area contributed by atoms with E-state index in [0.717, 1.165) is 31.6 Å². The van der Waals surface area contributed by atoms with Gasteiger partial charge in [-0.2, -0.15) is 5.10 Å². The molecule has 2 amide bonds. The van der Waals surface area contributed by atoms with Gasteiger partial charge in [-0.15, -0.1) is 0 Å². The number of nitrogens with zero attached hydrogens (tertiary/aromatic N) is 3. The van der Waals surface area contributed by atoms with Crippen molar-refractivity contribution in [2.75, 3.05) is 24.5 Å². The smallest absolute Gasteiger partial charge is 0.315 e. The van der Waals surface area contributed by atoms with Gasteiger partial charge in [0.15, 0.2) is 0 Å². The summed E-state index contributed by atoms with van der Waals surface area (Å²) in [5.41, 5.74) is 1.10. The summed E-state index contributed by atoms with van der Waals surface area (Å²) in [5, 5.41) is 19.5. The molecule has 0 bridgehead atoms. The van der Waals surface area contributed by atoms with Crippen molar-refractivity contribution in [3.8, 4) is 0 Å². The molecule has 1 aromatic rings.